The first-order valence-electron chi connectivity index (χ1n) is 7.68. The van der Waals surface area contributed by atoms with Gasteiger partial charge in [0.05, 0.1) is 20.8 Å². The molecule has 3 aromatic rings. The number of rotatable bonds is 4. The van der Waals surface area contributed by atoms with E-state index in [1.54, 1.807) is 12.1 Å². The Morgan fingerprint density at radius 1 is 1.36 bits per heavy atom. The molecule has 2 aromatic carbocycles. The van der Waals surface area contributed by atoms with Gasteiger partial charge in [-0.2, -0.15) is 4.99 Å². The lowest BCUT2D eigenvalue weighted by Gasteiger charge is -2.05. The largest absolute Gasteiger partial charge is 0.312 e. The highest BCUT2D eigenvalue weighted by molar-refractivity contribution is 7.98. The smallest absolute Gasteiger partial charge is 0.280 e. The molecule has 0 radical (unpaired) electrons. The van der Waals surface area contributed by atoms with Gasteiger partial charge >= 0.3 is 0 Å². The number of allylic oxidation sites excluding steroid dienone is 1. The van der Waals surface area contributed by atoms with Gasteiger partial charge in [-0.3, -0.25) is 4.79 Å². The first kappa shape index (κ1) is 18.0. The number of halogens is 1. The second-order valence-electron chi connectivity index (χ2n) is 5.44. The van der Waals surface area contributed by atoms with E-state index < -0.39 is 0 Å². The number of amides is 1. The van der Waals surface area contributed by atoms with E-state index in [0.29, 0.717) is 21.9 Å². The molecule has 0 atom stereocenters. The van der Waals surface area contributed by atoms with Gasteiger partial charge in [0.2, 0.25) is 0 Å². The molecular weight excluding hydrogens is 372 g/mol. The van der Waals surface area contributed by atoms with E-state index in [0.717, 1.165) is 20.7 Å². The van der Waals surface area contributed by atoms with E-state index in [2.05, 4.69) is 11.6 Å². The van der Waals surface area contributed by atoms with E-state index in [-0.39, 0.29) is 5.91 Å². The van der Waals surface area contributed by atoms with Gasteiger partial charge in [0.15, 0.2) is 4.80 Å². The summed E-state index contributed by atoms with van der Waals surface area (Å²) in [5.74, 6) is -0.247. The molecule has 3 rings (SSSR count). The summed E-state index contributed by atoms with van der Waals surface area (Å²) in [6, 6.07) is 11.4. The van der Waals surface area contributed by atoms with Crippen molar-refractivity contribution >= 4 is 50.8 Å². The molecule has 0 N–H and O–H groups in total. The molecule has 128 valence electrons. The fourth-order valence-corrected chi connectivity index (χ4v) is 4.65. The lowest BCUT2D eigenvalue weighted by Crippen LogP contribution is -2.16. The summed E-state index contributed by atoms with van der Waals surface area (Å²) in [5, 5.41) is 0.668. The highest BCUT2D eigenvalue weighted by atomic mass is 35.5. The molecule has 0 saturated heterocycles. The molecule has 1 heterocycles. The van der Waals surface area contributed by atoms with Crippen LogP contribution in [0.4, 0.5) is 0 Å². The van der Waals surface area contributed by atoms with Crippen molar-refractivity contribution in [3.05, 3.63) is 70.0 Å². The Bertz CT molecular complexity index is 1030. The van der Waals surface area contributed by atoms with Crippen LogP contribution in [0, 0.1) is 6.92 Å². The maximum atomic E-state index is 12.8. The van der Waals surface area contributed by atoms with Crippen molar-refractivity contribution in [2.75, 3.05) is 6.26 Å². The molecule has 0 saturated carbocycles. The summed E-state index contributed by atoms with van der Waals surface area (Å²) < 4.78 is 2.93. The Morgan fingerprint density at radius 3 is 2.84 bits per heavy atom. The fraction of sp³-hybridized carbons (Fsp3) is 0.158. The minimum absolute atomic E-state index is 0.247. The Morgan fingerprint density at radius 2 is 2.12 bits per heavy atom. The lowest BCUT2D eigenvalue weighted by atomic mass is 10.2. The van der Waals surface area contributed by atoms with E-state index in [9.17, 15) is 4.79 Å². The second kappa shape index (κ2) is 7.60. The first-order valence-corrected chi connectivity index (χ1v) is 10.1. The Labute approximate surface area is 159 Å². The highest BCUT2D eigenvalue weighted by Crippen LogP contribution is 2.29. The van der Waals surface area contributed by atoms with Crippen molar-refractivity contribution in [2.24, 2.45) is 4.99 Å². The zero-order chi connectivity index (χ0) is 18.0. The molecule has 0 bridgehead atoms. The Kier molecular flexibility index (Phi) is 5.47. The summed E-state index contributed by atoms with van der Waals surface area (Å²) in [6.45, 7) is 6.42. The minimum atomic E-state index is -0.247. The number of thiazole rings is 1. The molecule has 0 aliphatic carbocycles. The zero-order valence-electron chi connectivity index (χ0n) is 14.0. The molecule has 25 heavy (non-hydrogen) atoms. The summed E-state index contributed by atoms with van der Waals surface area (Å²) in [7, 11) is 0. The highest BCUT2D eigenvalue weighted by Gasteiger charge is 2.14. The Balaban J connectivity index is 2.24. The van der Waals surface area contributed by atoms with Crippen molar-refractivity contribution in [3.63, 3.8) is 0 Å². The van der Waals surface area contributed by atoms with Gasteiger partial charge in [-0.25, -0.2) is 0 Å². The minimum Gasteiger partial charge on any atom is -0.312 e. The van der Waals surface area contributed by atoms with Crippen LogP contribution in [-0.4, -0.2) is 16.7 Å². The number of thioether (sulfide) groups is 1. The molecule has 0 spiro atoms. The van der Waals surface area contributed by atoms with Crippen molar-refractivity contribution in [2.45, 2.75) is 18.4 Å². The van der Waals surface area contributed by atoms with Gasteiger partial charge in [-0.05, 0) is 36.9 Å². The zero-order valence-corrected chi connectivity index (χ0v) is 16.3. The van der Waals surface area contributed by atoms with Gasteiger partial charge in [-0.1, -0.05) is 47.2 Å². The summed E-state index contributed by atoms with van der Waals surface area (Å²) in [6.07, 6.45) is 3.75. The number of aromatic nitrogens is 1. The van der Waals surface area contributed by atoms with Crippen LogP contribution >= 0.6 is 34.7 Å². The van der Waals surface area contributed by atoms with Crippen molar-refractivity contribution in [1.29, 1.82) is 0 Å². The van der Waals surface area contributed by atoms with E-state index in [1.807, 2.05) is 48.1 Å². The number of hydrogen-bond donors (Lipinski definition) is 0. The van der Waals surface area contributed by atoms with Crippen molar-refractivity contribution in [3.8, 4) is 0 Å². The van der Waals surface area contributed by atoms with E-state index in [4.69, 9.17) is 11.6 Å². The topological polar surface area (TPSA) is 34.4 Å². The predicted molar refractivity (Wildman–Crippen MR) is 108 cm³/mol. The lowest BCUT2D eigenvalue weighted by molar-refractivity contribution is 0.0995. The average Bonchev–Trinajstić information content (AvgIpc) is 2.98. The molecule has 1 aromatic heterocycles. The second-order valence-corrected chi connectivity index (χ2v) is 7.68. The third-order valence-corrected chi connectivity index (χ3v) is 6.16. The van der Waals surface area contributed by atoms with Crippen LogP contribution in [-0.2, 0) is 6.54 Å². The van der Waals surface area contributed by atoms with Crippen molar-refractivity contribution in [1.82, 2.24) is 4.57 Å². The summed E-state index contributed by atoms with van der Waals surface area (Å²) in [4.78, 5) is 18.7. The number of carbonyl (C=O) groups is 1. The van der Waals surface area contributed by atoms with Crippen LogP contribution in [0.25, 0.3) is 10.2 Å². The first-order chi connectivity index (χ1) is 12.1. The van der Waals surface area contributed by atoms with Gasteiger partial charge in [0.25, 0.3) is 5.91 Å². The fourth-order valence-electron chi connectivity index (χ4n) is 2.67. The monoisotopic (exact) mass is 388 g/mol. The quantitative estimate of drug-likeness (QED) is 0.448. The number of hydrogen-bond acceptors (Lipinski definition) is 3. The SMILES string of the molecule is C=CCn1c(=NC(=O)c2ccccc2SC)sc2c(Cl)ccc(C)c21. The van der Waals surface area contributed by atoms with Gasteiger partial charge < -0.3 is 4.57 Å². The van der Waals surface area contributed by atoms with Crippen LogP contribution in [0.3, 0.4) is 0 Å². The molecule has 1 amide bonds. The van der Waals surface area contributed by atoms with E-state index in [1.165, 1.54) is 23.1 Å². The van der Waals surface area contributed by atoms with Gasteiger partial charge in [0, 0.05) is 11.4 Å². The molecule has 0 unspecified atom stereocenters. The number of fused-ring (bicyclic) bond motifs is 1. The summed E-state index contributed by atoms with van der Waals surface area (Å²) >= 11 is 9.32. The van der Waals surface area contributed by atoms with Crippen LogP contribution < -0.4 is 4.80 Å². The third-order valence-electron chi connectivity index (χ3n) is 3.83. The molecular formula is C19H17ClN2OS2. The molecule has 3 nitrogen and oxygen atoms in total. The third kappa shape index (κ3) is 3.45. The number of benzene rings is 2. The van der Waals surface area contributed by atoms with Crippen molar-refractivity contribution < 1.29 is 4.79 Å². The average molecular weight is 389 g/mol. The van der Waals surface area contributed by atoms with Gasteiger partial charge in [0.1, 0.15) is 0 Å². The molecule has 0 fully saturated rings. The van der Waals surface area contributed by atoms with E-state index >= 15 is 0 Å². The molecule has 6 heteroatoms. The predicted octanol–water partition coefficient (Wildman–Crippen LogP) is 5.31. The maximum absolute atomic E-state index is 12.8. The van der Waals surface area contributed by atoms with Gasteiger partial charge in [-0.15, -0.1) is 18.3 Å². The standard InChI is InChI=1S/C19H17ClN2OS2/c1-4-11-22-16-12(2)9-10-14(20)17(16)25-19(22)21-18(23)13-7-5-6-8-15(13)24-3/h4-10H,1,11H2,2-3H3. The summed E-state index contributed by atoms with van der Waals surface area (Å²) in [5.41, 5.74) is 2.71. The number of aryl methyl sites for hydroxylation is 1. The number of carbonyl (C=O) groups excluding carboxylic acids is 1. The number of nitrogens with zero attached hydrogens (tertiary/aromatic N) is 2. The Hall–Kier alpha value is -1.82. The van der Waals surface area contributed by atoms with Crippen LogP contribution in [0.1, 0.15) is 15.9 Å². The van der Waals surface area contributed by atoms with Crippen LogP contribution in [0.15, 0.2) is 58.9 Å². The van der Waals surface area contributed by atoms with Crippen LogP contribution in [0.2, 0.25) is 5.02 Å². The van der Waals surface area contributed by atoms with Crippen LogP contribution in [0.5, 0.6) is 0 Å². The normalized spacial score (nSPS) is 11.9. The molecule has 0 aliphatic heterocycles. The maximum Gasteiger partial charge on any atom is 0.280 e. The molecule has 0 aliphatic rings.